The van der Waals surface area contributed by atoms with Crippen molar-refractivity contribution < 1.29 is 13.9 Å². The van der Waals surface area contributed by atoms with Crippen molar-refractivity contribution in [3.05, 3.63) is 60.7 Å². The first-order chi connectivity index (χ1) is 12.1. The second-order valence-electron chi connectivity index (χ2n) is 5.57. The number of rotatable bonds is 6. The molecule has 9 heteroatoms. The molecule has 0 aliphatic heterocycles. The summed E-state index contributed by atoms with van der Waals surface area (Å²) in [5, 5.41) is 12.0. The van der Waals surface area contributed by atoms with Gasteiger partial charge in [0.1, 0.15) is 24.5 Å². The lowest BCUT2D eigenvalue weighted by Crippen LogP contribution is -2.36. The molecule has 0 aliphatic rings. The van der Waals surface area contributed by atoms with Gasteiger partial charge in [0.15, 0.2) is 6.10 Å². The molecule has 0 aliphatic carbocycles. The molecule has 25 heavy (non-hydrogen) atoms. The van der Waals surface area contributed by atoms with Gasteiger partial charge in [0, 0.05) is 13.1 Å². The molecule has 3 aromatic rings. The van der Waals surface area contributed by atoms with Crippen molar-refractivity contribution in [3.63, 3.8) is 0 Å². The number of ether oxygens (including phenoxy) is 1. The Labute approximate surface area is 143 Å². The minimum Gasteiger partial charge on any atom is -0.458 e. The molecular weight excluding hydrogens is 327 g/mol. The van der Waals surface area contributed by atoms with E-state index in [1.807, 2.05) is 6.92 Å². The number of hydrogen-bond donors (Lipinski definition) is 0. The molecule has 0 radical (unpaired) electrons. The van der Waals surface area contributed by atoms with Gasteiger partial charge < -0.3 is 4.74 Å². The Morgan fingerprint density at radius 3 is 2.56 bits per heavy atom. The molecule has 1 unspecified atom stereocenters. The summed E-state index contributed by atoms with van der Waals surface area (Å²) in [5.41, 5.74) is 0.727. The Hall–Kier alpha value is -3.10. The van der Waals surface area contributed by atoms with Crippen LogP contribution in [0.25, 0.3) is 0 Å². The van der Waals surface area contributed by atoms with E-state index >= 15 is 0 Å². The summed E-state index contributed by atoms with van der Waals surface area (Å²) in [4.78, 5) is 15.7. The predicted octanol–water partition coefficient (Wildman–Crippen LogP) is 1.79. The number of hydrogen-bond acceptors (Lipinski definition) is 6. The van der Waals surface area contributed by atoms with E-state index in [1.54, 1.807) is 33.9 Å². The number of carbonyl (C=O) groups is 1. The van der Waals surface area contributed by atoms with E-state index in [0.717, 1.165) is 5.56 Å². The Bertz CT molecular complexity index is 804. The van der Waals surface area contributed by atoms with Crippen molar-refractivity contribution in [1.82, 2.24) is 29.8 Å². The van der Waals surface area contributed by atoms with Crippen molar-refractivity contribution in [1.29, 1.82) is 0 Å². The van der Waals surface area contributed by atoms with Crippen LogP contribution in [-0.4, -0.2) is 41.8 Å². The Balaban J connectivity index is 2.06. The normalized spacial score (nSPS) is 14.7. The van der Waals surface area contributed by atoms with Gasteiger partial charge >= 0.3 is 5.97 Å². The van der Waals surface area contributed by atoms with Gasteiger partial charge in [0.25, 0.3) is 0 Å². The van der Waals surface area contributed by atoms with Crippen molar-refractivity contribution in [2.75, 3.05) is 0 Å². The molecule has 0 fully saturated rings. The SMILES string of the molecule is CC(=O)O[C@@H](C(c1ccc(F)cc1)n1cncn1)[C@@H](C)n1ccnn1. The zero-order chi connectivity index (χ0) is 17.8. The summed E-state index contributed by atoms with van der Waals surface area (Å²) >= 11 is 0. The monoisotopic (exact) mass is 344 g/mol. The zero-order valence-electron chi connectivity index (χ0n) is 13.7. The van der Waals surface area contributed by atoms with Crippen LogP contribution < -0.4 is 0 Å². The van der Waals surface area contributed by atoms with Gasteiger partial charge in [-0.25, -0.2) is 18.7 Å². The van der Waals surface area contributed by atoms with Crippen LogP contribution in [0.3, 0.4) is 0 Å². The lowest BCUT2D eigenvalue weighted by Gasteiger charge is -2.31. The third kappa shape index (κ3) is 3.70. The summed E-state index contributed by atoms with van der Waals surface area (Å²) in [7, 11) is 0. The highest BCUT2D eigenvalue weighted by Crippen LogP contribution is 2.30. The Morgan fingerprint density at radius 2 is 2.00 bits per heavy atom. The van der Waals surface area contributed by atoms with E-state index in [9.17, 15) is 9.18 Å². The van der Waals surface area contributed by atoms with Crippen molar-refractivity contribution in [3.8, 4) is 0 Å². The van der Waals surface area contributed by atoms with Crippen LogP contribution in [0, 0.1) is 5.82 Å². The van der Waals surface area contributed by atoms with E-state index < -0.39 is 18.1 Å². The Kier molecular flexibility index (Phi) is 4.82. The average molecular weight is 344 g/mol. The first kappa shape index (κ1) is 16.7. The zero-order valence-corrected chi connectivity index (χ0v) is 13.7. The lowest BCUT2D eigenvalue weighted by atomic mass is 9.96. The van der Waals surface area contributed by atoms with Gasteiger partial charge in [-0.2, -0.15) is 5.10 Å². The van der Waals surface area contributed by atoms with Crippen LogP contribution in [0.5, 0.6) is 0 Å². The van der Waals surface area contributed by atoms with Crippen molar-refractivity contribution in [2.45, 2.75) is 32.0 Å². The molecule has 2 heterocycles. The fourth-order valence-electron chi connectivity index (χ4n) is 2.72. The fourth-order valence-corrected chi connectivity index (χ4v) is 2.72. The number of benzene rings is 1. The van der Waals surface area contributed by atoms with E-state index in [2.05, 4.69) is 20.4 Å². The van der Waals surface area contributed by atoms with Crippen LogP contribution in [-0.2, 0) is 9.53 Å². The molecule has 0 amide bonds. The molecule has 0 N–H and O–H groups in total. The first-order valence-corrected chi connectivity index (χ1v) is 7.69. The summed E-state index contributed by atoms with van der Waals surface area (Å²) in [6.07, 6.45) is 5.49. The molecular formula is C16H17FN6O2. The number of esters is 1. The van der Waals surface area contributed by atoms with Crippen LogP contribution >= 0.6 is 0 Å². The third-order valence-electron chi connectivity index (χ3n) is 3.88. The van der Waals surface area contributed by atoms with Gasteiger partial charge in [-0.3, -0.25) is 4.79 Å². The highest BCUT2D eigenvalue weighted by atomic mass is 19.1. The number of nitrogens with zero attached hydrogens (tertiary/aromatic N) is 6. The second-order valence-corrected chi connectivity index (χ2v) is 5.57. The molecule has 0 spiro atoms. The molecule has 3 rings (SSSR count). The third-order valence-corrected chi connectivity index (χ3v) is 3.88. The number of aromatic nitrogens is 6. The van der Waals surface area contributed by atoms with E-state index in [1.165, 1.54) is 31.7 Å². The predicted molar refractivity (Wildman–Crippen MR) is 84.8 cm³/mol. The molecule has 0 saturated heterocycles. The maximum atomic E-state index is 13.3. The Morgan fingerprint density at radius 1 is 1.24 bits per heavy atom. The van der Waals surface area contributed by atoms with Gasteiger partial charge in [0.2, 0.25) is 0 Å². The summed E-state index contributed by atoms with van der Waals surface area (Å²) in [5.74, 6) is -0.793. The van der Waals surface area contributed by atoms with Gasteiger partial charge in [-0.15, -0.1) is 5.10 Å². The molecule has 3 atom stereocenters. The summed E-state index contributed by atoms with van der Waals surface area (Å²) < 4.78 is 22.1. The quantitative estimate of drug-likeness (QED) is 0.634. The van der Waals surface area contributed by atoms with Gasteiger partial charge in [0.05, 0.1) is 12.2 Å². The van der Waals surface area contributed by atoms with Crippen LogP contribution in [0.1, 0.15) is 31.5 Å². The standard InChI is InChI=1S/C16H17FN6O2/c1-11(22-8-7-19-21-22)16(25-12(2)24)15(23-10-18-9-20-23)13-3-5-14(17)6-4-13/h3-11,15-16H,1-2H3/t11-,15?,16-/m1/s1. The van der Waals surface area contributed by atoms with Crippen molar-refractivity contribution >= 4 is 5.97 Å². The smallest absolute Gasteiger partial charge is 0.303 e. The minimum absolute atomic E-state index is 0.342. The molecule has 1 aromatic carbocycles. The van der Waals surface area contributed by atoms with Crippen LogP contribution in [0.4, 0.5) is 4.39 Å². The fraction of sp³-hybridized carbons (Fsp3) is 0.312. The summed E-state index contributed by atoms with van der Waals surface area (Å²) in [6.45, 7) is 3.19. The highest BCUT2D eigenvalue weighted by molar-refractivity contribution is 5.66. The molecule has 8 nitrogen and oxygen atoms in total. The van der Waals surface area contributed by atoms with Gasteiger partial charge in [-0.1, -0.05) is 17.3 Å². The highest BCUT2D eigenvalue weighted by Gasteiger charge is 2.34. The maximum Gasteiger partial charge on any atom is 0.303 e. The number of carbonyl (C=O) groups excluding carboxylic acids is 1. The number of halogens is 1. The van der Waals surface area contributed by atoms with Gasteiger partial charge in [-0.05, 0) is 24.6 Å². The van der Waals surface area contributed by atoms with E-state index in [0.29, 0.717) is 0 Å². The molecule has 130 valence electrons. The molecule has 2 aromatic heterocycles. The first-order valence-electron chi connectivity index (χ1n) is 7.69. The molecule has 0 bridgehead atoms. The van der Waals surface area contributed by atoms with Crippen molar-refractivity contribution in [2.24, 2.45) is 0 Å². The minimum atomic E-state index is -0.661. The second kappa shape index (κ2) is 7.20. The molecule has 0 saturated carbocycles. The largest absolute Gasteiger partial charge is 0.458 e. The maximum absolute atomic E-state index is 13.3. The summed E-state index contributed by atoms with van der Waals surface area (Å²) in [6, 6.07) is 5.12. The van der Waals surface area contributed by atoms with Crippen LogP contribution in [0.2, 0.25) is 0 Å². The average Bonchev–Trinajstić information content (AvgIpc) is 3.29. The van der Waals surface area contributed by atoms with Crippen LogP contribution in [0.15, 0.2) is 49.3 Å². The topological polar surface area (TPSA) is 87.7 Å². The van der Waals surface area contributed by atoms with E-state index in [4.69, 9.17) is 4.74 Å². The van der Waals surface area contributed by atoms with E-state index in [-0.39, 0.29) is 11.9 Å². The lowest BCUT2D eigenvalue weighted by molar-refractivity contribution is -0.150.